The fraction of sp³-hybridized carbons (Fsp3) is 0.294. The van der Waals surface area contributed by atoms with E-state index >= 15 is 0 Å². The predicted molar refractivity (Wildman–Crippen MR) is 82.7 cm³/mol. The molecule has 0 radical (unpaired) electrons. The minimum Gasteiger partial charge on any atom is -0.338 e. The first-order valence-corrected chi connectivity index (χ1v) is 7.18. The molecule has 0 aliphatic rings. The Morgan fingerprint density at radius 2 is 1.80 bits per heavy atom. The van der Waals surface area contributed by atoms with Gasteiger partial charge in [-0.25, -0.2) is 4.98 Å². The average molecular weight is 265 g/mol. The maximum atomic E-state index is 4.50. The standard InChI is InChI=1S/C17H19N3/c1-3-4-5-14-15(13-8-6-12(2)7-9-13)20-17-16(14)18-10-11-19-17/h6-11H,3-5H2,1-2H3,(H,19,20). The Bertz CT molecular complexity index is 711. The normalized spacial score (nSPS) is 11.1. The predicted octanol–water partition coefficient (Wildman–Crippen LogP) is 4.28. The third-order valence-electron chi connectivity index (χ3n) is 3.65. The topological polar surface area (TPSA) is 41.6 Å². The molecule has 0 spiro atoms. The maximum Gasteiger partial charge on any atom is 0.156 e. The van der Waals surface area contributed by atoms with Crippen LogP contribution in [0.2, 0.25) is 0 Å². The Morgan fingerprint density at radius 1 is 1.05 bits per heavy atom. The monoisotopic (exact) mass is 265 g/mol. The fourth-order valence-electron chi connectivity index (χ4n) is 2.53. The summed E-state index contributed by atoms with van der Waals surface area (Å²) in [7, 11) is 0. The van der Waals surface area contributed by atoms with E-state index in [2.05, 4.69) is 53.1 Å². The first kappa shape index (κ1) is 12.9. The smallest absolute Gasteiger partial charge is 0.156 e. The molecule has 3 nitrogen and oxygen atoms in total. The number of aromatic amines is 1. The molecule has 102 valence electrons. The molecule has 2 heterocycles. The van der Waals surface area contributed by atoms with E-state index in [4.69, 9.17) is 0 Å². The van der Waals surface area contributed by atoms with Crippen molar-refractivity contribution in [3.63, 3.8) is 0 Å². The highest BCUT2D eigenvalue weighted by Crippen LogP contribution is 2.29. The maximum absolute atomic E-state index is 4.50. The van der Waals surface area contributed by atoms with Crippen molar-refractivity contribution in [3.8, 4) is 11.3 Å². The van der Waals surface area contributed by atoms with E-state index in [1.54, 1.807) is 12.4 Å². The van der Waals surface area contributed by atoms with Crippen molar-refractivity contribution >= 4 is 11.2 Å². The zero-order chi connectivity index (χ0) is 13.9. The van der Waals surface area contributed by atoms with Gasteiger partial charge < -0.3 is 4.98 Å². The highest BCUT2D eigenvalue weighted by Gasteiger charge is 2.14. The van der Waals surface area contributed by atoms with Crippen molar-refractivity contribution in [2.75, 3.05) is 0 Å². The van der Waals surface area contributed by atoms with Gasteiger partial charge in [0.25, 0.3) is 0 Å². The van der Waals surface area contributed by atoms with Crippen molar-refractivity contribution in [2.45, 2.75) is 33.1 Å². The van der Waals surface area contributed by atoms with E-state index in [0.717, 1.165) is 17.6 Å². The molecular weight excluding hydrogens is 246 g/mol. The van der Waals surface area contributed by atoms with E-state index in [-0.39, 0.29) is 0 Å². The van der Waals surface area contributed by atoms with Crippen LogP contribution in [0.4, 0.5) is 0 Å². The number of nitrogens with zero attached hydrogens (tertiary/aromatic N) is 2. The van der Waals surface area contributed by atoms with Gasteiger partial charge in [-0.1, -0.05) is 43.2 Å². The lowest BCUT2D eigenvalue weighted by molar-refractivity contribution is 0.799. The SMILES string of the molecule is CCCCc1c(-c2ccc(C)cc2)[nH]c2nccnc12. The van der Waals surface area contributed by atoms with Gasteiger partial charge in [-0.3, -0.25) is 4.98 Å². The number of fused-ring (bicyclic) bond motifs is 1. The summed E-state index contributed by atoms with van der Waals surface area (Å²) in [5, 5.41) is 0. The number of H-pyrrole nitrogens is 1. The van der Waals surface area contributed by atoms with E-state index in [0.29, 0.717) is 0 Å². The van der Waals surface area contributed by atoms with Crippen LogP contribution in [0.25, 0.3) is 22.4 Å². The first-order valence-electron chi connectivity index (χ1n) is 7.18. The zero-order valence-corrected chi connectivity index (χ0v) is 12.0. The number of aryl methyl sites for hydroxylation is 2. The summed E-state index contributed by atoms with van der Waals surface area (Å²) in [6.45, 7) is 4.32. The summed E-state index contributed by atoms with van der Waals surface area (Å²) in [5.41, 5.74) is 6.84. The van der Waals surface area contributed by atoms with E-state index in [9.17, 15) is 0 Å². The molecule has 2 aromatic heterocycles. The second-order valence-corrected chi connectivity index (χ2v) is 5.20. The molecule has 3 aromatic rings. The Hall–Kier alpha value is -2.16. The minimum absolute atomic E-state index is 0.883. The van der Waals surface area contributed by atoms with E-state index in [1.807, 2.05) is 0 Å². The summed E-state index contributed by atoms with van der Waals surface area (Å²) < 4.78 is 0. The molecule has 0 saturated heterocycles. The third kappa shape index (κ3) is 2.31. The quantitative estimate of drug-likeness (QED) is 0.765. The highest BCUT2D eigenvalue weighted by atomic mass is 14.9. The van der Waals surface area contributed by atoms with E-state index in [1.165, 1.54) is 35.2 Å². The number of benzene rings is 1. The van der Waals surface area contributed by atoms with E-state index < -0.39 is 0 Å². The molecule has 0 aliphatic heterocycles. The summed E-state index contributed by atoms with van der Waals surface area (Å²) in [6, 6.07) is 8.61. The Kier molecular flexibility index (Phi) is 3.50. The Morgan fingerprint density at radius 3 is 2.55 bits per heavy atom. The van der Waals surface area contributed by atoms with Crippen molar-refractivity contribution in [3.05, 3.63) is 47.8 Å². The van der Waals surface area contributed by atoms with Gasteiger partial charge in [0.15, 0.2) is 5.65 Å². The Balaban J connectivity index is 2.15. The summed E-state index contributed by atoms with van der Waals surface area (Å²) in [5.74, 6) is 0. The molecule has 0 aliphatic carbocycles. The van der Waals surface area contributed by atoms with Gasteiger partial charge in [0.2, 0.25) is 0 Å². The summed E-state index contributed by atoms with van der Waals surface area (Å²) >= 11 is 0. The van der Waals surface area contributed by atoms with Gasteiger partial charge in [-0.2, -0.15) is 0 Å². The number of aromatic nitrogens is 3. The molecule has 0 amide bonds. The molecule has 3 heteroatoms. The number of nitrogens with one attached hydrogen (secondary N) is 1. The number of hydrogen-bond acceptors (Lipinski definition) is 2. The van der Waals surface area contributed by atoms with Crippen LogP contribution in [-0.4, -0.2) is 15.0 Å². The molecule has 0 unspecified atom stereocenters. The minimum atomic E-state index is 0.883. The van der Waals surface area contributed by atoms with Gasteiger partial charge in [-0.05, 0) is 25.3 Å². The van der Waals surface area contributed by atoms with Crippen molar-refractivity contribution < 1.29 is 0 Å². The molecule has 20 heavy (non-hydrogen) atoms. The van der Waals surface area contributed by atoms with Crippen molar-refractivity contribution in [1.29, 1.82) is 0 Å². The van der Waals surface area contributed by atoms with Gasteiger partial charge in [0.05, 0.1) is 5.69 Å². The molecule has 1 aromatic carbocycles. The lowest BCUT2D eigenvalue weighted by Crippen LogP contribution is -1.89. The number of unbranched alkanes of at least 4 members (excludes halogenated alkanes) is 1. The number of hydrogen-bond donors (Lipinski definition) is 1. The second kappa shape index (κ2) is 5.45. The lowest BCUT2D eigenvalue weighted by atomic mass is 10.0. The zero-order valence-electron chi connectivity index (χ0n) is 12.0. The summed E-state index contributed by atoms with van der Waals surface area (Å²) in [4.78, 5) is 12.3. The van der Waals surface area contributed by atoms with Gasteiger partial charge >= 0.3 is 0 Å². The molecular formula is C17H19N3. The van der Waals surface area contributed by atoms with Crippen LogP contribution >= 0.6 is 0 Å². The molecule has 3 rings (SSSR count). The van der Waals surface area contributed by atoms with Crippen LogP contribution in [0.15, 0.2) is 36.7 Å². The molecule has 0 saturated carbocycles. The van der Waals surface area contributed by atoms with Crippen LogP contribution in [0.3, 0.4) is 0 Å². The van der Waals surface area contributed by atoms with Crippen molar-refractivity contribution in [1.82, 2.24) is 15.0 Å². The van der Waals surface area contributed by atoms with Crippen molar-refractivity contribution in [2.24, 2.45) is 0 Å². The lowest BCUT2D eigenvalue weighted by Gasteiger charge is -2.04. The second-order valence-electron chi connectivity index (χ2n) is 5.20. The Labute approximate surface area is 119 Å². The van der Waals surface area contributed by atoms with Gasteiger partial charge in [0, 0.05) is 18.0 Å². The van der Waals surface area contributed by atoms with Crippen LogP contribution in [0.5, 0.6) is 0 Å². The van der Waals surface area contributed by atoms with Crippen LogP contribution < -0.4 is 0 Å². The van der Waals surface area contributed by atoms with Crippen LogP contribution in [0, 0.1) is 6.92 Å². The third-order valence-corrected chi connectivity index (χ3v) is 3.65. The highest BCUT2D eigenvalue weighted by molar-refractivity contribution is 5.85. The summed E-state index contributed by atoms with van der Waals surface area (Å²) in [6.07, 6.45) is 6.90. The number of rotatable bonds is 4. The van der Waals surface area contributed by atoms with Gasteiger partial charge in [0.1, 0.15) is 5.52 Å². The first-order chi connectivity index (χ1) is 9.79. The fourth-order valence-corrected chi connectivity index (χ4v) is 2.53. The molecule has 0 bridgehead atoms. The average Bonchev–Trinajstić information content (AvgIpc) is 2.84. The molecule has 1 N–H and O–H groups in total. The van der Waals surface area contributed by atoms with Crippen LogP contribution in [0.1, 0.15) is 30.9 Å². The largest absolute Gasteiger partial charge is 0.338 e. The van der Waals surface area contributed by atoms with Crippen LogP contribution in [-0.2, 0) is 6.42 Å². The molecule has 0 fully saturated rings. The van der Waals surface area contributed by atoms with Gasteiger partial charge in [-0.15, -0.1) is 0 Å². The molecule has 0 atom stereocenters.